The van der Waals surface area contributed by atoms with E-state index in [-0.39, 0.29) is 12.5 Å². The zero-order chi connectivity index (χ0) is 13.1. The van der Waals surface area contributed by atoms with Crippen molar-refractivity contribution in [3.05, 3.63) is 46.1 Å². The van der Waals surface area contributed by atoms with Gasteiger partial charge in [-0.25, -0.2) is 4.79 Å². The number of carbonyl (C=O) groups excluding carboxylic acids is 2. The van der Waals surface area contributed by atoms with Crippen LogP contribution in [0.15, 0.2) is 36.9 Å². The van der Waals surface area contributed by atoms with Crippen LogP contribution in [0.2, 0.25) is 0 Å². The van der Waals surface area contributed by atoms with Gasteiger partial charge in [-0.15, -0.1) is 0 Å². The first-order valence-electron chi connectivity index (χ1n) is 5.22. The maximum absolute atomic E-state index is 11.7. The van der Waals surface area contributed by atoms with E-state index in [4.69, 9.17) is 4.74 Å². The first kappa shape index (κ1) is 12.8. The zero-order valence-corrected chi connectivity index (χ0v) is 11.6. The Bertz CT molecular complexity index is 563. The summed E-state index contributed by atoms with van der Waals surface area (Å²) in [6, 6.07) is 5.55. The minimum Gasteiger partial charge on any atom is -0.458 e. The van der Waals surface area contributed by atoms with Gasteiger partial charge in [0.2, 0.25) is 0 Å². The van der Waals surface area contributed by atoms with Crippen molar-refractivity contribution in [2.75, 3.05) is 11.9 Å². The highest BCUT2D eigenvalue weighted by molar-refractivity contribution is 14.1. The molecule has 18 heavy (non-hydrogen) atoms. The Morgan fingerprint density at radius 3 is 3.00 bits per heavy atom. The Kier molecular flexibility index (Phi) is 3.81. The van der Waals surface area contributed by atoms with E-state index in [1.54, 1.807) is 0 Å². The quantitative estimate of drug-likeness (QED) is 0.392. The third-order valence-electron chi connectivity index (χ3n) is 2.37. The molecule has 1 aromatic carbocycles. The number of benzene rings is 1. The second kappa shape index (κ2) is 5.34. The molecule has 0 fully saturated rings. The molecule has 1 aromatic rings. The van der Waals surface area contributed by atoms with Crippen LogP contribution in [-0.4, -0.2) is 18.5 Å². The Morgan fingerprint density at radius 1 is 1.50 bits per heavy atom. The second-order valence-electron chi connectivity index (χ2n) is 3.62. The van der Waals surface area contributed by atoms with Crippen LogP contribution in [0, 0.1) is 3.57 Å². The molecule has 4 nitrogen and oxygen atoms in total. The molecule has 1 N–H and O–H groups in total. The summed E-state index contributed by atoms with van der Waals surface area (Å²) in [7, 11) is 0. The second-order valence-corrected chi connectivity index (χ2v) is 4.87. The van der Waals surface area contributed by atoms with Crippen LogP contribution in [0.5, 0.6) is 0 Å². The zero-order valence-electron chi connectivity index (χ0n) is 9.40. The van der Waals surface area contributed by atoms with Crippen LogP contribution in [0.25, 0.3) is 5.57 Å². The first-order valence-corrected chi connectivity index (χ1v) is 6.30. The molecule has 2 rings (SSSR count). The van der Waals surface area contributed by atoms with Crippen molar-refractivity contribution in [2.45, 2.75) is 0 Å². The van der Waals surface area contributed by atoms with Crippen LogP contribution < -0.4 is 5.32 Å². The van der Waals surface area contributed by atoms with Gasteiger partial charge in [0.15, 0.2) is 0 Å². The lowest BCUT2D eigenvalue weighted by Gasteiger charge is -2.00. The first-order chi connectivity index (χ1) is 8.61. The van der Waals surface area contributed by atoms with Crippen molar-refractivity contribution < 1.29 is 14.3 Å². The minimum atomic E-state index is -0.549. The summed E-state index contributed by atoms with van der Waals surface area (Å²) in [5.74, 6) is -0.839. The molecule has 5 heteroatoms. The molecule has 1 aliphatic rings. The number of hydrogen-bond donors (Lipinski definition) is 1. The maximum Gasteiger partial charge on any atom is 0.331 e. The third kappa shape index (κ3) is 2.61. The van der Waals surface area contributed by atoms with Gasteiger partial charge >= 0.3 is 5.97 Å². The van der Waals surface area contributed by atoms with E-state index < -0.39 is 5.97 Å². The van der Waals surface area contributed by atoms with Gasteiger partial charge in [-0.1, -0.05) is 12.7 Å². The molecule has 0 radical (unpaired) electrons. The number of hydrogen-bond acceptors (Lipinski definition) is 3. The van der Waals surface area contributed by atoms with Crippen molar-refractivity contribution in [2.24, 2.45) is 0 Å². The van der Waals surface area contributed by atoms with Crippen molar-refractivity contribution >= 4 is 45.7 Å². The largest absolute Gasteiger partial charge is 0.458 e. The average molecular weight is 355 g/mol. The molecular weight excluding hydrogens is 345 g/mol. The summed E-state index contributed by atoms with van der Waals surface area (Å²) in [5, 5.41) is 2.70. The number of fused-ring (bicyclic) bond motifs is 1. The van der Waals surface area contributed by atoms with E-state index in [1.807, 2.05) is 18.2 Å². The summed E-state index contributed by atoms with van der Waals surface area (Å²) < 4.78 is 5.83. The topological polar surface area (TPSA) is 55.4 Å². The maximum atomic E-state index is 11.7. The monoisotopic (exact) mass is 355 g/mol. The van der Waals surface area contributed by atoms with E-state index in [2.05, 4.69) is 34.5 Å². The van der Waals surface area contributed by atoms with Crippen molar-refractivity contribution in [3.63, 3.8) is 0 Å². The molecule has 1 aliphatic heterocycles. The lowest BCUT2D eigenvalue weighted by molar-refractivity contribution is -0.136. The fraction of sp³-hybridized carbons (Fsp3) is 0.0769. The van der Waals surface area contributed by atoms with E-state index >= 15 is 0 Å². The highest BCUT2D eigenvalue weighted by Gasteiger charge is 2.25. The highest BCUT2D eigenvalue weighted by atomic mass is 127. The lowest BCUT2D eigenvalue weighted by Crippen LogP contribution is -2.07. The lowest BCUT2D eigenvalue weighted by atomic mass is 10.1. The molecule has 1 amide bonds. The van der Waals surface area contributed by atoms with Gasteiger partial charge in [0, 0.05) is 20.9 Å². The molecule has 0 atom stereocenters. The number of rotatable bonds is 3. The minimum absolute atomic E-state index is 0.128. The van der Waals surface area contributed by atoms with Crippen LogP contribution >= 0.6 is 22.6 Å². The van der Waals surface area contributed by atoms with Crippen LogP contribution in [0.1, 0.15) is 5.56 Å². The molecule has 0 saturated carbocycles. The number of carbonyl (C=O) groups is 2. The van der Waals surface area contributed by atoms with Crippen molar-refractivity contribution in [1.29, 1.82) is 0 Å². The number of esters is 1. The fourth-order valence-electron chi connectivity index (χ4n) is 1.60. The van der Waals surface area contributed by atoms with E-state index in [1.165, 1.54) is 12.2 Å². The Hall–Kier alpha value is -1.63. The summed E-state index contributed by atoms with van der Waals surface area (Å²) in [6.45, 7) is 3.58. The number of amides is 1. The third-order valence-corrected chi connectivity index (χ3v) is 3.04. The fourth-order valence-corrected chi connectivity index (χ4v) is 2.10. The van der Waals surface area contributed by atoms with E-state index in [0.29, 0.717) is 11.3 Å². The molecular formula is C13H10INO3. The standard InChI is InChI=1S/C13H10INO3/c1-2-5-18-12(16)7-10-9-6-8(14)3-4-11(9)15-13(10)17/h2-4,6-7H,1,5H2,(H,15,17). The van der Waals surface area contributed by atoms with Gasteiger partial charge in [-0.2, -0.15) is 0 Å². The van der Waals surface area contributed by atoms with Crippen molar-refractivity contribution in [3.8, 4) is 0 Å². The molecule has 0 spiro atoms. The van der Waals surface area contributed by atoms with Crippen LogP contribution in [-0.2, 0) is 14.3 Å². The number of halogens is 1. The van der Waals surface area contributed by atoms with Gasteiger partial charge in [-0.3, -0.25) is 4.79 Å². The summed E-state index contributed by atoms with van der Waals surface area (Å²) in [4.78, 5) is 23.2. The summed E-state index contributed by atoms with van der Waals surface area (Å²) in [6.07, 6.45) is 2.68. The molecule has 0 bridgehead atoms. The molecule has 1 heterocycles. The number of nitrogens with one attached hydrogen (secondary N) is 1. The van der Waals surface area contributed by atoms with Gasteiger partial charge in [0.1, 0.15) is 6.61 Å². The van der Waals surface area contributed by atoms with Crippen LogP contribution in [0.4, 0.5) is 5.69 Å². The predicted molar refractivity (Wildman–Crippen MR) is 76.9 cm³/mol. The predicted octanol–water partition coefficient (Wildman–Crippen LogP) is 2.36. The van der Waals surface area contributed by atoms with Gasteiger partial charge < -0.3 is 10.1 Å². The number of ether oxygens (including phenoxy) is 1. The Labute approximate surface area is 118 Å². The smallest absolute Gasteiger partial charge is 0.331 e. The molecule has 0 aliphatic carbocycles. The molecule has 92 valence electrons. The van der Waals surface area contributed by atoms with Crippen molar-refractivity contribution in [1.82, 2.24) is 0 Å². The van der Waals surface area contributed by atoms with Crippen LogP contribution in [0.3, 0.4) is 0 Å². The summed E-state index contributed by atoms with van der Waals surface area (Å²) in [5.41, 5.74) is 1.77. The molecule has 0 saturated heterocycles. The Morgan fingerprint density at radius 2 is 2.28 bits per heavy atom. The van der Waals surface area contributed by atoms with E-state index in [0.717, 1.165) is 9.13 Å². The molecule has 0 aromatic heterocycles. The molecule has 0 unspecified atom stereocenters. The summed E-state index contributed by atoms with van der Waals surface area (Å²) >= 11 is 2.15. The van der Waals surface area contributed by atoms with Gasteiger partial charge in [0.05, 0.1) is 5.57 Å². The average Bonchev–Trinajstić information content (AvgIpc) is 2.63. The normalized spacial score (nSPS) is 15.2. The van der Waals surface area contributed by atoms with E-state index in [9.17, 15) is 9.59 Å². The SMILES string of the molecule is C=CCOC(=O)C=C1C(=O)Nc2ccc(I)cc21. The highest BCUT2D eigenvalue weighted by Crippen LogP contribution is 2.32. The van der Waals surface area contributed by atoms with Gasteiger partial charge in [0.25, 0.3) is 5.91 Å². The Balaban J connectivity index is 2.32. The number of anilines is 1. The van der Waals surface area contributed by atoms with Gasteiger partial charge in [-0.05, 0) is 40.8 Å².